The predicted molar refractivity (Wildman–Crippen MR) is 97.1 cm³/mol. The van der Waals surface area contributed by atoms with Gasteiger partial charge in [0.25, 0.3) is 5.91 Å². The monoisotopic (exact) mass is 359 g/mol. The van der Waals surface area contributed by atoms with Crippen LogP contribution in [0.4, 0.5) is 5.69 Å². The highest BCUT2D eigenvalue weighted by atomic mass is 16.5. The molecule has 1 saturated heterocycles. The zero-order chi connectivity index (χ0) is 18.9. The number of amides is 3. The molecule has 26 heavy (non-hydrogen) atoms. The molecule has 0 bridgehead atoms. The van der Waals surface area contributed by atoms with Gasteiger partial charge in [-0.25, -0.2) is 0 Å². The molecule has 0 spiro atoms. The summed E-state index contributed by atoms with van der Waals surface area (Å²) in [5, 5.41) is 2.67. The van der Waals surface area contributed by atoms with Gasteiger partial charge in [-0.15, -0.1) is 0 Å². The van der Waals surface area contributed by atoms with Gasteiger partial charge >= 0.3 is 0 Å². The molecule has 0 saturated carbocycles. The molecule has 2 aliphatic rings. The molecule has 0 radical (unpaired) electrons. The molecule has 2 heterocycles. The highest BCUT2D eigenvalue weighted by Crippen LogP contribution is 2.33. The molecule has 1 unspecified atom stereocenters. The molecule has 1 atom stereocenters. The Labute approximate surface area is 153 Å². The molecule has 2 aliphatic heterocycles. The third kappa shape index (κ3) is 2.86. The summed E-state index contributed by atoms with van der Waals surface area (Å²) in [6.07, 6.45) is 2.40. The molecular weight excluding hydrogens is 334 g/mol. The first-order chi connectivity index (χ1) is 12.4. The van der Waals surface area contributed by atoms with E-state index in [1.165, 1.54) is 7.11 Å². The van der Waals surface area contributed by atoms with Crippen molar-refractivity contribution in [2.24, 2.45) is 0 Å². The first kappa shape index (κ1) is 18.4. The lowest BCUT2D eigenvalue weighted by Crippen LogP contribution is -2.59. The van der Waals surface area contributed by atoms with E-state index in [0.717, 1.165) is 17.7 Å². The van der Waals surface area contributed by atoms with Crippen molar-refractivity contribution in [3.05, 3.63) is 29.3 Å². The van der Waals surface area contributed by atoms with Crippen LogP contribution in [0.5, 0.6) is 0 Å². The van der Waals surface area contributed by atoms with E-state index in [1.807, 2.05) is 12.1 Å². The first-order valence-corrected chi connectivity index (χ1v) is 8.87. The number of likely N-dealkylation sites (tertiary alicyclic amines) is 1. The Morgan fingerprint density at radius 2 is 2.08 bits per heavy atom. The van der Waals surface area contributed by atoms with Crippen LogP contribution in [0.15, 0.2) is 18.2 Å². The average molecular weight is 359 g/mol. The predicted octanol–water partition coefficient (Wildman–Crippen LogP) is 0.963. The summed E-state index contributed by atoms with van der Waals surface area (Å²) in [4.78, 5) is 40.9. The number of benzene rings is 1. The minimum absolute atomic E-state index is 0.0786. The van der Waals surface area contributed by atoms with Gasteiger partial charge < -0.3 is 19.9 Å². The second kappa shape index (κ2) is 7.07. The number of fused-ring (bicyclic) bond motifs is 1. The number of anilines is 1. The number of carbonyl (C=O) groups excluding carboxylic acids is 3. The third-order valence-corrected chi connectivity index (χ3v) is 5.44. The van der Waals surface area contributed by atoms with Gasteiger partial charge in [0.15, 0.2) is 0 Å². The summed E-state index contributed by atoms with van der Waals surface area (Å²) in [6, 6.07) is 5.39. The number of methoxy groups -OCH3 is 1. The fraction of sp³-hybridized carbons (Fsp3) is 0.526. The zero-order valence-electron chi connectivity index (χ0n) is 15.5. The van der Waals surface area contributed by atoms with E-state index in [2.05, 4.69) is 5.32 Å². The van der Waals surface area contributed by atoms with Crippen molar-refractivity contribution in [1.82, 2.24) is 10.2 Å². The number of rotatable bonds is 4. The fourth-order valence-electron chi connectivity index (χ4n) is 4.04. The molecule has 3 amide bonds. The Balaban J connectivity index is 1.93. The molecule has 1 N–H and O–H groups in total. The van der Waals surface area contributed by atoms with Crippen LogP contribution in [0, 0.1) is 0 Å². The second-order valence-electron chi connectivity index (χ2n) is 6.90. The zero-order valence-corrected chi connectivity index (χ0v) is 15.5. The maximum Gasteiger partial charge on any atom is 0.254 e. The van der Waals surface area contributed by atoms with E-state index >= 15 is 0 Å². The summed E-state index contributed by atoms with van der Waals surface area (Å²) in [5.41, 5.74) is 1.39. The van der Waals surface area contributed by atoms with Crippen LogP contribution in [-0.4, -0.2) is 62.5 Å². The van der Waals surface area contributed by atoms with Gasteiger partial charge in [-0.3, -0.25) is 14.4 Å². The molecule has 7 nitrogen and oxygen atoms in total. The van der Waals surface area contributed by atoms with E-state index in [1.54, 1.807) is 30.0 Å². The van der Waals surface area contributed by atoms with Gasteiger partial charge in [0.2, 0.25) is 11.8 Å². The maximum absolute atomic E-state index is 13.2. The Kier molecular flexibility index (Phi) is 5.00. The SMILES string of the molecule is CNC(=O)C1(COC)CCCN1C(=O)c1ccc2c(c1)CCC(=O)N2C. The van der Waals surface area contributed by atoms with Crippen molar-refractivity contribution in [3.63, 3.8) is 0 Å². The minimum Gasteiger partial charge on any atom is -0.382 e. The van der Waals surface area contributed by atoms with E-state index in [9.17, 15) is 14.4 Å². The average Bonchev–Trinajstić information content (AvgIpc) is 3.08. The van der Waals surface area contributed by atoms with Gasteiger partial charge in [0, 0.05) is 45.4 Å². The van der Waals surface area contributed by atoms with Gasteiger partial charge in [0.1, 0.15) is 5.54 Å². The number of nitrogens with one attached hydrogen (secondary N) is 1. The number of carbonyl (C=O) groups is 3. The molecule has 1 fully saturated rings. The summed E-state index contributed by atoms with van der Waals surface area (Å²) >= 11 is 0. The lowest BCUT2D eigenvalue weighted by molar-refractivity contribution is -0.133. The summed E-state index contributed by atoms with van der Waals surface area (Å²) in [7, 11) is 4.86. The van der Waals surface area contributed by atoms with Crippen LogP contribution in [0.3, 0.4) is 0 Å². The highest BCUT2D eigenvalue weighted by Gasteiger charge is 2.49. The smallest absolute Gasteiger partial charge is 0.254 e. The Hall–Kier alpha value is -2.41. The molecular formula is C19H25N3O4. The maximum atomic E-state index is 13.2. The lowest BCUT2D eigenvalue weighted by atomic mass is 9.94. The Bertz CT molecular complexity index is 748. The van der Waals surface area contributed by atoms with Crippen molar-refractivity contribution in [2.75, 3.05) is 39.3 Å². The summed E-state index contributed by atoms with van der Waals surface area (Å²) in [5.74, 6) is -0.297. The minimum atomic E-state index is -0.969. The molecule has 0 aromatic heterocycles. The number of aryl methyl sites for hydroxylation is 1. The second-order valence-corrected chi connectivity index (χ2v) is 6.90. The van der Waals surface area contributed by atoms with Crippen LogP contribution in [0.25, 0.3) is 0 Å². The van der Waals surface area contributed by atoms with Crippen molar-refractivity contribution in [3.8, 4) is 0 Å². The molecule has 7 heteroatoms. The first-order valence-electron chi connectivity index (χ1n) is 8.87. The van der Waals surface area contributed by atoms with Crippen LogP contribution in [0.2, 0.25) is 0 Å². The van der Waals surface area contributed by atoms with E-state index in [4.69, 9.17) is 4.74 Å². The molecule has 1 aromatic carbocycles. The highest BCUT2D eigenvalue weighted by molar-refractivity contribution is 6.01. The summed E-state index contributed by atoms with van der Waals surface area (Å²) in [6.45, 7) is 0.686. The van der Waals surface area contributed by atoms with Gasteiger partial charge in [-0.2, -0.15) is 0 Å². The number of ether oxygens (including phenoxy) is 1. The Morgan fingerprint density at radius 3 is 2.77 bits per heavy atom. The van der Waals surface area contributed by atoms with Gasteiger partial charge in [-0.05, 0) is 43.0 Å². The van der Waals surface area contributed by atoms with Crippen LogP contribution >= 0.6 is 0 Å². The van der Waals surface area contributed by atoms with Crippen molar-refractivity contribution in [2.45, 2.75) is 31.2 Å². The fourth-order valence-corrected chi connectivity index (χ4v) is 4.04. The van der Waals surface area contributed by atoms with Gasteiger partial charge in [0.05, 0.1) is 6.61 Å². The van der Waals surface area contributed by atoms with Crippen molar-refractivity contribution in [1.29, 1.82) is 0 Å². The van der Waals surface area contributed by atoms with E-state index < -0.39 is 5.54 Å². The molecule has 1 aromatic rings. The van der Waals surface area contributed by atoms with Crippen LogP contribution in [-0.2, 0) is 20.7 Å². The van der Waals surface area contributed by atoms with E-state index in [-0.39, 0.29) is 24.3 Å². The molecule has 0 aliphatic carbocycles. The van der Waals surface area contributed by atoms with Crippen LogP contribution in [0.1, 0.15) is 35.2 Å². The van der Waals surface area contributed by atoms with Gasteiger partial charge in [-0.1, -0.05) is 0 Å². The molecule has 140 valence electrons. The number of likely N-dealkylation sites (N-methyl/N-ethyl adjacent to an activating group) is 1. The normalized spacial score (nSPS) is 22.3. The quantitative estimate of drug-likeness (QED) is 0.869. The third-order valence-electron chi connectivity index (χ3n) is 5.44. The largest absolute Gasteiger partial charge is 0.382 e. The van der Waals surface area contributed by atoms with E-state index in [0.29, 0.717) is 31.4 Å². The Morgan fingerprint density at radius 1 is 1.31 bits per heavy atom. The topological polar surface area (TPSA) is 79.0 Å². The standard InChI is InChI=1S/C19H25N3O4/c1-20-18(25)19(12-26-3)9-4-10-22(19)17(24)14-5-7-15-13(11-14)6-8-16(23)21(15)2/h5,7,11H,4,6,8-10,12H2,1-3H3,(H,20,25). The van der Waals surface area contributed by atoms with Crippen molar-refractivity contribution < 1.29 is 19.1 Å². The summed E-state index contributed by atoms with van der Waals surface area (Å²) < 4.78 is 5.29. The number of hydrogen-bond donors (Lipinski definition) is 1. The number of nitrogens with zero attached hydrogens (tertiary/aromatic N) is 2. The van der Waals surface area contributed by atoms with Crippen molar-refractivity contribution >= 4 is 23.4 Å². The number of hydrogen-bond acceptors (Lipinski definition) is 4. The van der Waals surface area contributed by atoms with Crippen LogP contribution < -0.4 is 10.2 Å². The lowest BCUT2D eigenvalue weighted by Gasteiger charge is -2.36. The molecule has 3 rings (SSSR count).